The van der Waals surface area contributed by atoms with E-state index in [0.29, 0.717) is 23.4 Å². The molecule has 120 valence electrons. The molecular formula is C19H16N2O3. The summed E-state index contributed by atoms with van der Waals surface area (Å²) in [6.07, 6.45) is 2.04. The molecule has 0 fully saturated rings. The molecule has 5 nitrogen and oxygen atoms in total. The zero-order valence-electron chi connectivity index (χ0n) is 13.2. The van der Waals surface area contributed by atoms with Crippen LogP contribution in [-0.2, 0) is 11.2 Å². The molecule has 24 heavy (non-hydrogen) atoms. The van der Waals surface area contributed by atoms with E-state index in [0.717, 1.165) is 11.3 Å². The summed E-state index contributed by atoms with van der Waals surface area (Å²) in [5, 5.41) is 4.04. The van der Waals surface area contributed by atoms with E-state index in [1.54, 1.807) is 6.21 Å². The molecule has 0 unspecified atom stereocenters. The lowest BCUT2D eigenvalue weighted by molar-refractivity contribution is 0.0599. The van der Waals surface area contributed by atoms with E-state index in [1.807, 2.05) is 60.7 Å². The largest absolute Gasteiger partial charge is 0.465 e. The van der Waals surface area contributed by atoms with Gasteiger partial charge in [0, 0.05) is 18.2 Å². The average Bonchev–Trinajstić information content (AvgIpc) is 3.06. The van der Waals surface area contributed by atoms with Crippen molar-refractivity contribution >= 4 is 17.9 Å². The molecule has 0 aliphatic rings. The van der Waals surface area contributed by atoms with Gasteiger partial charge in [0.1, 0.15) is 11.3 Å². The van der Waals surface area contributed by atoms with Gasteiger partial charge in [0.15, 0.2) is 5.76 Å². The van der Waals surface area contributed by atoms with Gasteiger partial charge in [-0.2, -0.15) is 0 Å². The molecule has 0 atom stereocenters. The van der Waals surface area contributed by atoms with E-state index in [2.05, 4.69) is 10.1 Å². The smallest absolute Gasteiger partial charge is 0.343 e. The van der Waals surface area contributed by atoms with E-state index in [-0.39, 0.29) is 0 Å². The summed E-state index contributed by atoms with van der Waals surface area (Å²) in [5.41, 5.74) is 2.45. The second-order valence-corrected chi connectivity index (χ2v) is 5.04. The van der Waals surface area contributed by atoms with Gasteiger partial charge in [0.25, 0.3) is 0 Å². The third kappa shape index (κ3) is 3.41. The van der Waals surface area contributed by atoms with Gasteiger partial charge in [-0.05, 0) is 12.1 Å². The van der Waals surface area contributed by atoms with Crippen molar-refractivity contribution in [1.82, 2.24) is 5.16 Å². The monoisotopic (exact) mass is 320 g/mol. The summed E-state index contributed by atoms with van der Waals surface area (Å²) in [7, 11) is 1.34. The first-order valence-corrected chi connectivity index (χ1v) is 7.49. The zero-order valence-corrected chi connectivity index (χ0v) is 13.2. The number of aromatic nitrogens is 1. The van der Waals surface area contributed by atoms with Crippen molar-refractivity contribution in [3.8, 4) is 11.3 Å². The standard InChI is InChI=1S/C19H16N2O3/c1-23-19(22)17-16(12-13-20-15-10-6-3-7-11-15)24-21-18(17)14-8-4-2-5-9-14/h2-11,13H,12H2,1H3. The van der Waals surface area contributed by atoms with Gasteiger partial charge in [-0.15, -0.1) is 0 Å². The van der Waals surface area contributed by atoms with Crippen LogP contribution in [0.4, 0.5) is 5.69 Å². The summed E-state index contributed by atoms with van der Waals surface area (Å²) in [5.74, 6) is -0.0430. The highest BCUT2D eigenvalue weighted by Crippen LogP contribution is 2.26. The van der Waals surface area contributed by atoms with Crippen LogP contribution >= 0.6 is 0 Å². The molecule has 0 aliphatic carbocycles. The number of para-hydroxylation sites is 1. The van der Waals surface area contributed by atoms with Crippen LogP contribution in [0.1, 0.15) is 16.1 Å². The Labute approximate surface area is 139 Å². The van der Waals surface area contributed by atoms with E-state index in [4.69, 9.17) is 9.26 Å². The molecule has 0 radical (unpaired) electrons. The fourth-order valence-electron chi connectivity index (χ4n) is 2.32. The molecule has 0 amide bonds. The highest BCUT2D eigenvalue weighted by atomic mass is 16.5. The van der Waals surface area contributed by atoms with Gasteiger partial charge in [-0.25, -0.2) is 4.79 Å². The number of hydrogen-bond acceptors (Lipinski definition) is 5. The maximum absolute atomic E-state index is 12.2. The number of aliphatic imine (C=N–C) groups is 1. The molecule has 0 saturated heterocycles. The molecule has 0 N–H and O–H groups in total. The topological polar surface area (TPSA) is 64.7 Å². The molecule has 3 aromatic rings. The maximum atomic E-state index is 12.2. The molecular weight excluding hydrogens is 304 g/mol. The summed E-state index contributed by atoms with van der Waals surface area (Å²) >= 11 is 0. The highest BCUT2D eigenvalue weighted by Gasteiger charge is 2.23. The fourth-order valence-corrected chi connectivity index (χ4v) is 2.32. The number of hydrogen-bond donors (Lipinski definition) is 0. The van der Waals surface area contributed by atoms with Crippen molar-refractivity contribution in [3.05, 3.63) is 72.0 Å². The number of esters is 1. The lowest BCUT2D eigenvalue weighted by Crippen LogP contribution is -2.05. The molecule has 3 rings (SSSR count). The average molecular weight is 320 g/mol. The summed E-state index contributed by atoms with van der Waals surface area (Å²) in [6, 6.07) is 18.9. The Balaban J connectivity index is 1.89. The van der Waals surface area contributed by atoms with Crippen LogP contribution in [0, 0.1) is 0 Å². The van der Waals surface area contributed by atoms with Gasteiger partial charge in [-0.1, -0.05) is 53.7 Å². The number of carbonyl (C=O) groups excluding carboxylic acids is 1. The molecule has 0 bridgehead atoms. The molecule has 1 heterocycles. The lowest BCUT2D eigenvalue weighted by atomic mass is 10.1. The number of ether oxygens (including phenoxy) is 1. The van der Waals surface area contributed by atoms with Crippen LogP contribution in [0.15, 0.2) is 70.2 Å². The predicted molar refractivity (Wildman–Crippen MR) is 91.6 cm³/mol. The Morgan fingerprint density at radius 3 is 2.46 bits per heavy atom. The molecule has 2 aromatic carbocycles. The quantitative estimate of drug-likeness (QED) is 0.525. The third-order valence-electron chi connectivity index (χ3n) is 3.47. The van der Waals surface area contributed by atoms with E-state index in [9.17, 15) is 4.79 Å². The number of benzene rings is 2. The Hall–Kier alpha value is -3.21. The van der Waals surface area contributed by atoms with Gasteiger partial charge in [0.05, 0.1) is 12.8 Å². The van der Waals surface area contributed by atoms with Crippen LogP contribution in [0.5, 0.6) is 0 Å². The third-order valence-corrected chi connectivity index (χ3v) is 3.47. The van der Waals surface area contributed by atoms with Crippen LogP contribution in [-0.4, -0.2) is 24.5 Å². The second kappa shape index (κ2) is 7.37. The summed E-state index contributed by atoms with van der Waals surface area (Å²) < 4.78 is 10.2. The van der Waals surface area contributed by atoms with Crippen LogP contribution in [0.2, 0.25) is 0 Å². The Morgan fingerprint density at radius 1 is 1.12 bits per heavy atom. The van der Waals surface area contributed by atoms with Crippen molar-refractivity contribution in [3.63, 3.8) is 0 Å². The van der Waals surface area contributed by atoms with E-state index in [1.165, 1.54) is 7.11 Å². The van der Waals surface area contributed by atoms with Crippen molar-refractivity contribution in [2.45, 2.75) is 6.42 Å². The number of nitrogens with zero attached hydrogens (tertiary/aromatic N) is 2. The SMILES string of the molecule is COC(=O)c1c(-c2ccccc2)noc1CC=Nc1ccccc1. The van der Waals surface area contributed by atoms with Gasteiger partial charge in [-0.3, -0.25) is 4.99 Å². The van der Waals surface area contributed by atoms with E-state index < -0.39 is 5.97 Å². The van der Waals surface area contributed by atoms with Crippen LogP contribution < -0.4 is 0 Å². The molecule has 1 aromatic heterocycles. The minimum atomic E-state index is -0.474. The van der Waals surface area contributed by atoms with Crippen molar-refractivity contribution in [2.75, 3.05) is 7.11 Å². The first kappa shape index (κ1) is 15.7. The minimum Gasteiger partial charge on any atom is -0.465 e. The van der Waals surface area contributed by atoms with Crippen LogP contribution in [0.25, 0.3) is 11.3 Å². The Morgan fingerprint density at radius 2 is 1.79 bits per heavy atom. The lowest BCUT2D eigenvalue weighted by Gasteiger charge is -2.01. The minimum absolute atomic E-state index is 0.336. The number of methoxy groups -OCH3 is 1. The molecule has 5 heteroatoms. The molecule has 0 aliphatic heterocycles. The summed E-state index contributed by atoms with van der Waals surface area (Å²) in [6.45, 7) is 0. The van der Waals surface area contributed by atoms with Crippen molar-refractivity contribution in [2.24, 2.45) is 4.99 Å². The molecule has 0 spiro atoms. The highest BCUT2D eigenvalue weighted by molar-refractivity contribution is 5.97. The van der Waals surface area contributed by atoms with Crippen molar-refractivity contribution in [1.29, 1.82) is 0 Å². The van der Waals surface area contributed by atoms with Crippen molar-refractivity contribution < 1.29 is 14.1 Å². The Bertz CT molecular complexity index is 840. The summed E-state index contributed by atoms with van der Waals surface area (Å²) in [4.78, 5) is 16.5. The predicted octanol–water partition coefficient (Wildman–Crippen LogP) is 4.07. The second-order valence-electron chi connectivity index (χ2n) is 5.04. The number of carbonyl (C=O) groups is 1. The first-order chi connectivity index (χ1) is 11.8. The van der Waals surface area contributed by atoms with Crippen LogP contribution in [0.3, 0.4) is 0 Å². The molecule has 0 saturated carbocycles. The van der Waals surface area contributed by atoms with E-state index >= 15 is 0 Å². The maximum Gasteiger partial charge on any atom is 0.343 e. The number of rotatable bonds is 5. The van der Waals surface area contributed by atoms with Gasteiger partial charge in [0.2, 0.25) is 0 Å². The first-order valence-electron chi connectivity index (χ1n) is 7.49. The van der Waals surface area contributed by atoms with Gasteiger partial charge >= 0.3 is 5.97 Å². The normalized spacial score (nSPS) is 10.9. The zero-order chi connectivity index (χ0) is 16.8. The Kier molecular flexibility index (Phi) is 4.81. The van der Waals surface area contributed by atoms with Gasteiger partial charge < -0.3 is 9.26 Å². The fraction of sp³-hybridized carbons (Fsp3) is 0.105.